The first-order valence-electron chi connectivity index (χ1n) is 9.93. The van der Waals surface area contributed by atoms with Crippen LogP contribution in [0.1, 0.15) is 63.9 Å². The highest BCUT2D eigenvalue weighted by molar-refractivity contribution is 5.76. The van der Waals surface area contributed by atoms with Crippen molar-refractivity contribution in [3.8, 4) is 0 Å². The van der Waals surface area contributed by atoms with Gasteiger partial charge in [-0.25, -0.2) is 0 Å². The predicted octanol–water partition coefficient (Wildman–Crippen LogP) is 5.28. The first-order chi connectivity index (χ1) is 11.7. The van der Waals surface area contributed by atoms with E-state index in [9.17, 15) is 4.79 Å². The van der Waals surface area contributed by atoms with Crippen LogP contribution in [0.2, 0.25) is 0 Å². The van der Waals surface area contributed by atoms with Crippen molar-refractivity contribution in [3.63, 3.8) is 0 Å². The molecule has 1 aromatic carbocycles. The van der Waals surface area contributed by atoms with Crippen molar-refractivity contribution in [1.29, 1.82) is 0 Å². The zero-order valence-corrected chi connectivity index (χ0v) is 15.4. The molecule has 0 heterocycles. The Labute approximate surface area is 147 Å². The van der Waals surface area contributed by atoms with Crippen LogP contribution in [0, 0.1) is 23.7 Å². The molecule has 0 radical (unpaired) electrons. The quantitative estimate of drug-likeness (QED) is 0.696. The lowest BCUT2D eigenvalue weighted by Gasteiger charge is -2.32. The Morgan fingerprint density at radius 3 is 2.67 bits per heavy atom. The smallest absolute Gasteiger partial charge is 0.222 e. The van der Waals surface area contributed by atoms with Crippen LogP contribution in [0.15, 0.2) is 30.3 Å². The van der Waals surface area contributed by atoms with E-state index < -0.39 is 0 Å². The van der Waals surface area contributed by atoms with Gasteiger partial charge in [0.15, 0.2) is 0 Å². The summed E-state index contributed by atoms with van der Waals surface area (Å²) in [6.07, 6.45) is 10.3. The number of amides is 1. The average Bonchev–Trinajstić information content (AvgIpc) is 2.86. The van der Waals surface area contributed by atoms with Gasteiger partial charge >= 0.3 is 0 Å². The van der Waals surface area contributed by atoms with Crippen molar-refractivity contribution in [2.45, 2.75) is 64.8 Å². The zero-order valence-electron chi connectivity index (χ0n) is 15.4. The van der Waals surface area contributed by atoms with Crippen LogP contribution in [0.25, 0.3) is 0 Å². The fourth-order valence-corrected chi connectivity index (χ4v) is 5.18. The zero-order chi connectivity index (χ0) is 16.9. The summed E-state index contributed by atoms with van der Waals surface area (Å²) >= 11 is 0. The molecule has 4 atom stereocenters. The predicted molar refractivity (Wildman–Crippen MR) is 99.5 cm³/mol. The van der Waals surface area contributed by atoms with Gasteiger partial charge in [0.05, 0.1) is 0 Å². The highest BCUT2D eigenvalue weighted by atomic mass is 16.2. The lowest BCUT2D eigenvalue weighted by Crippen LogP contribution is -2.28. The molecule has 0 saturated heterocycles. The summed E-state index contributed by atoms with van der Waals surface area (Å²) in [4.78, 5) is 14.6. The second-order valence-corrected chi connectivity index (χ2v) is 8.26. The van der Waals surface area contributed by atoms with E-state index in [0.717, 1.165) is 30.7 Å². The Morgan fingerprint density at radius 2 is 1.92 bits per heavy atom. The third-order valence-electron chi connectivity index (χ3n) is 6.36. The maximum absolute atomic E-state index is 12.7. The van der Waals surface area contributed by atoms with Gasteiger partial charge in [0.25, 0.3) is 0 Å². The lowest BCUT2D eigenvalue weighted by molar-refractivity contribution is -0.131. The van der Waals surface area contributed by atoms with Gasteiger partial charge in [0.1, 0.15) is 0 Å². The standard InChI is InChI=1S/C22H33NO/c1-3-7-20-13-18-10-11-21(20)14-19(12-18)15-22(24)23(2)16-17-8-5-4-6-9-17/h4-6,8-9,18-21H,3,7,10-16H2,1-2H3. The first-order valence-corrected chi connectivity index (χ1v) is 9.93. The molecule has 3 aliphatic rings. The van der Waals surface area contributed by atoms with Crippen molar-refractivity contribution in [1.82, 2.24) is 4.90 Å². The summed E-state index contributed by atoms with van der Waals surface area (Å²) in [5.41, 5.74) is 1.22. The van der Waals surface area contributed by atoms with Gasteiger partial charge in [-0.1, -0.05) is 56.5 Å². The fraction of sp³-hybridized carbons (Fsp3) is 0.682. The van der Waals surface area contributed by atoms with E-state index in [1.165, 1.54) is 50.5 Å². The average molecular weight is 328 g/mol. The Balaban J connectivity index is 1.54. The number of fused-ring (bicyclic) bond motifs is 4. The molecule has 0 N–H and O–H groups in total. The van der Waals surface area contributed by atoms with Crippen LogP contribution in [0.5, 0.6) is 0 Å². The van der Waals surface area contributed by atoms with Crippen LogP contribution >= 0.6 is 0 Å². The molecular weight excluding hydrogens is 294 g/mol. The number of carbonyl (C=O) groups excluding carboxylic acids is 1. The number of nitrogens with zero attached hydrogens (tertiary/aromatic N) is 1. The number of carbonyl (C=O) groups is 1. The summed E-state index contributed by atoms with van der Waals surface area (Å²) in [5.74, 6) is 3.67. The lowest BCUT2D eigenvalue weighted by atomic mass is 9.74. The second kappa shape index (κ2) is 8.18. The number of rotatable bonds is 6. The molecule has 0 spiro atoms. The molecule has 2 nitrogen and oxygen atoms in total. The normalized spacial score (nSPS) is 29.2. The Hall–Kier alpha value is -1.31. The summed E-state index contributed by atoms with van der Waals surface area (Å²) in [5, 5.41) is 0. The van der Waals surface area contributed by atoms with Crippen molar-refractivity contribution in [3.05, 3.63) is 35.9 Å². The van der Waals surface area contributed by atoms with E-state index >= 15 is 0 Å². The highest BCUT2D eigenvalue weighted by Crippen LogP contribution is 2.47. The number of benzene rings is 1. The SMILES string of the molecule is CCCC1CC2CCC1CC(CC(=O)N(C)Cc1ccccc1)C2. The van der Waals surface area contributed by atoms with Crippen LogP contribution in [0.4, 0.5) is 0 Å². The maximum atomic E-state index is 12.7. The highest BCUT2D eigenvalue weighted by Gasteiger charge is 2.37. The minimum Gasteiger partial charge on any atom is -0.341 e. The molecule has 24 heavy (non-hydrogen) atoms. The summed E-state index contributed by atoms with van der Waals surface area (Å²) < 4.78 is 0. The molecule has 1 amide bonds. The van der Waals surface area contributed by atoms with Crippen LogP contribution < -0.4 is 0 Å². The van der Waals surface area contributed by atoms with Gasteiger partial charge in [-0.2, -0.15) is 0 Å². The number of hydrogen-bond donors (Lipinski definition) is 0. The molecule has 3 fully saturated rings. The molecular formula is C22H33NO. The Morgan fingerprint density at radius 1 is 1.12 bits per heavy atom. The van der Waals surface area contributed by atoms with Crippen molar-refractivity contribution < 1.29 is 4.79 Å². The van der Waals surface area contributed by atoms with Crippen molar-refractivity contribution in [2.24, 2.45) is 23.7 Å². The van der Waals surface area contributed by atoms with Crippen LogP contribution in [0.3, 0.4) is 0 Å². The van der Waals surface area contributed by atoms with Crippen molar-refractivity contribution in [2.75, 3.05) is 7.05 Å². The summed E-state index contributed by atoms with van der Waals surface area (Å²) in [7, 11) is 1.96. The van der Waals surface area contributed by atoms with Gasteiger partial charge < -0.3 is 4.90 Å². The van der Waals surface area contributed by atoms with E-state index in [1.54, 1.807) is 0 Å². The monoisotopic (exact) mass is 327 g/mol. The van der Waals surface area contributed by atoms with Gasteiger partial charge in [0, 0.05) is 20.0 Å². The molecule has 0 aliphatic heterocycles. The molecule has 3 saturated carbocycles. The minimum atomic E-state index is 0.331. The van der Waals surface area contributed by atoms with E-state index in [1.807, 2.05) is 30.1 Å². The molecule has 0 aromatic heterocycles. The first kappa shape index (κ1) is 17.5. The Kier molecular flexibility index (Phi) is 5.97. The van der Waals surface area contributed by atoms with E-state index in [2.05, 4.69) is 19.1 Å². The number of hydrogen-bond acceptors (Lipinski definition) is 1. The molecule has 4 unspecified atom stereocenters. The topological polar surface area (TPSA) is 20.3 Å². The van der Waals surface area contributed by atoms with E-state index in [4.69, 9.17) is 0 Å². The van der Waals surface area contributed by atoms with Crippen LogP contribution in [-0.2, 0) is 11.3 Å². The van der Waals surface area contributed by atoms with E-state index in [0.29, 0.717) is 11.8 Å². The molecule has 1 aromatic rings. The van der Waals surface area contributed by atoms with Gasteiger partial charge in [-0.15, -0.1) is 0 Å². The molecule has 2 heteroatoms. The van der Waals surface area contributed by atoms with Gasteiger partial charge in [0.2, 0.25) is 5.91 Å². The molecule has 2 bridgehead atoms. The van der Waals surface area contributed by atoms with Crippen LogP contribution in [-0.4, -0.2) is 17.9 Å². The summed E-state index contributed by atoms with van der Waals surface area (Å²) in [6, 6.07) is 10.3. The minimum absolute atomic E-state index is 0.331. The van der Waals surface area contributed by atoms with Gasteiger partial charge in [-0.3, -0.25) is 4.79 Å². The maximum Gasteiger partial charge on any atom is 0.222 e. The second-order valence-electron chi connectivity index (χ2n) is 8.26. The Bertz CT molecular complexity index is 526. The third-order valence-corrected chi connectivity index (χ3v) is 6.36. The van der Waals surface area contributed by atoms with E-state index in [-0.39, 0.29) is 0 Å². The largest absolute Gasteiger partial charge is 0.341 e. The summed E-state index contributed by atoms with van der Waals surface area (Å²) in [6.45, 7) is 3.05. The fourth-order valence-electron chi connectivity index (χ4n) is 5.18. The van der Waals surface area contributed by atoms with Gasteiger partial charge in [-0.05, 0) is 54.9 Å². The molecule has 4 rings (SSSR count). The molecule has 132 valence electrons. The van der Waals surface area contributed by atoms with Crippen molar-refractivity contribution >= 4 is 5.91 Å². The third kappa shape index (κ3) is 4.40. The molecule has 3 aliphatic carbocycles.